The first-order valence-corrected chi connectivity index (χ1v) is 7.99. The Labute approximate surface area is 126 Å². The van der Waals surface area contributed by atoms with E-state index in [9.17, 15) is 5.11 Å². The maximum Gasteiger partial charge on any atom is 0.231 e. The third-order valence-electron chi connectivity index (χ3n) is 5.01. The summed E-state index contributed by atoms with van der Waals surface area (Å²) in [5.41, 5.74) is 0.916. The topological polar surface area (TPSA) is 41.9 Å². The number of hydrogen-bond acceptors (Lipinski definition) is 4. The highest BCUT2D eigenvalue weighted by molar-refractivity contribution is 5.51. The van der Waals surface area contributed by atoms with E-state index in [4.69, 9.17) is 9.47 Å². The zero-order valence-electron chi connectivity index (χ0n) is 13.0. The molecule has 0 saturated heterocycles. The molecule has 1 saturated carbocycles. The van der Waals surface area contributed by atoms with Crippen molar-refractivity contribution in [1.29, 1.82) is 0 Å². The normalized spacial score (nSPS) is 24.5. The van der Waals surface area contributed by atoms with Crippen LogP contribution < -0.4 is 9.47 Å². The Bertz CT molecular complexity index is 495. The summed E-state index contributed by atoms with van der Waals surface area (Å²) in [7, 11) is 2.15. The molecule has 1 N–H and O–H groups in total. The summed E-state index contributed by atoms with van der Waals surface area (Å²) in [5, 5.41) is 10.1. The van der Waals surface area contributed by atoms with Crippen LogP contribution in [0.3, 0.4) is 0 Å². The largest absolute Gasteiger partial charge is 0.507 e. The van der Waals surface area contributed by atoms with Gasteiger partial charge >= 0.3 is 0 Å². The summed E-state index contributed by atoms with van der Waals surface area (Å²) in [6.45, 7) is 3.29. The van der Waals surface area contributed by atoms with Crippen molar-refractivity contribution in [3.05, 3.63) is 17.7 Å². The third-order valence-corrected chi connectivity index (χ3v) is 5.01. The van der Waals surface area contributed by atoms with Gasteiger partial charge in [0.15, 0.2) is 11.5 Å². The van der Waals surface area contributed by atoms with Crippen LogP contribution in [0.4, 0.5) is 0 Å². The highest BCUT2D eigenvalue weighted by Crippen LogP contribution is 2.38. The molecule has 0 atom stereocenters. The van der Waals surface area contributed by atoms with E-state index in [2.05, 4.69) is 18.9 Å². The number of hydrogen-bond donors (Lipinski definition) is 1. The molecule has 1 heterocycles. The molecule has 4 nitrogen and oxygen atoms in total. The predicted molar refractivity (Wildman–Crippen MR) is 81.7 cm³/mol. The number of rotatable bonds is 4. The summed E-state index contributed by atoms with van der Waals surface area (Å²) >= 11 is 0. The molecule has 0 spiro atoms. The minimum absolute atomic E-state index is 0.245. The number of fused-ring (bicyclic) bond motifs is 1. The monoisotopic (exact) mass is 291 g/mol. The number of benzene rings is 1. The maximum atomic E-state index is 10.1. The van der Waals surface area contributed by atoms with Crippen LogP contribution in [0.1, 0.15) is 44.6 Å². The maximum absolute atomic E-state index is 10.1. The lowest BCUT2D eigenvalue weighted by molar-refractivity contribution is 0.156. The van der Waals surface area contributed by atoms with E-state index in [1.54, 1.807) is 6.07 Å². The second-order valence-corrected chi connectivity index (χ2v) is 6.33. The zero-order chi connectivity index (χ0) is 14.8. The molecular formula is C17H25NO3. The lowest BCUT2D eigenvalue weighted by atomic mass is 9.84. The first kappa shape index (κ1) is 14.5. The van der Waals surface area contributed by atoms with Crippen molar-refractivity contribution >= 4 is 0 Å². The van der Waals surface area contributed by atoms with Crippen molar-refractivity contribution < 1.29 is 14.6 Å². The summed E-state index contributed by atoms with van der Waals surface area (Å²) in [6, 6.07) is 4.20. The highest BCUT2D eigenvalue weighted by atomic mass is 16.7. The Hall–Kier alpha value is -1.42. The molecule has 21 heavy (non-hydrogen) atoms. The van der Waals surface area contributed by atoms with Crippen LogP contribution in [0.15, 0.2) is 12.1 Å². The Balaban J connectivity index is 1.64. The summed E-state index contributed by atoms with van der Waals surface area (Å²) in [5.74, 6) is 2.59. The van der Waals surface area contributed by atoms with Crippen LogP contribution in [0.2, 0.25) is 0 Å². The minimum atomic E-state index is 0.245. The number of ether oxygens (including phenoxy) is 2. The van der Waals surface area contributed by atoms with Crippen molar-refractivity contribution in [2.45, 2.75) is 51.6 Å². The van der Waals surface area contributed by atoms with Gasteiger partial charge < -0.3 is 14.6 Å². The number of nitrogens with zero attached hydrogens (tertiary/aromatic N) is 1. The van der Waals surface area contributed by atoms with Crippen LogP contribution in [-0.4, -0.2) is 29.9 Å². The lowest BCUT2D eigenvalue weighted by Gasteiger charge is -2.34. The van der Waals surface area contributed by atoms with Crippen LogP contribution in [0.25, 0.3) is 0 Å². The first-order valence-electron chi connectivity index (χ1n) is 7.99. The fourth-order valence-corrected chi connectivity index (χ4v) is 3.49. The second kappa shape index (κ2) is 6.14. The van der Waals surface area contributed by atoms with Gasteiger partial charge in [-0.1, -0.05) is 13.3 Å². The minimum Gasteiger partial charge on any atom is -0.507 e. The van der Waals surface area contributed by atoms with Crippen LogP contribution in [0, 0.1) is 5.92 Å². The highest BCUT2D eigenvalue weighted by Gasteiger charge is 2.24. The summed E-state index contributed by atoms with van der Waals surface area (Å²) in [4.78, 5) is 2.36. The quantitative estimate of drug-likeness (QED) is 0.921. The average molecular weight is 291 g/mol. The molecule has 3 rings (SSSR count). The molecule has 0 amide bonds. The molecule has 0 aromatic heterocycles. The molecule has 116 valence electrons. The van der Waals surface area contributed by atoms with Crippen molar-refractivity contribution in [1.82, 2.24) is 4.90 Å². The number of aromatic hydroxyl groups is 1. The van der Waals surface area contributed by atoms with Crippen LogP contribution in [-0.2, 0) is 6.54 Å². The summed E-state index contributed by atoms with van der Waals surface area (Å²) < 4.78 is 10.7. The van der Waals surface area contributed by atoms with Gasteiger partial charge in [-0.2, -0.15) is 0 Å². The molecule has 1 aromatic carbocycles. The molecule has 0 bridgehead atoms. The van der Waals surface area contributed by atoms with Gasteiger partial charge in [-0.25, -0.2) is 0 Å². The van der Waals surface area contributed by atoms with Gasteiger partial charge in [0.1, 0.15) is 5.75 Å². The van der Waals surface area contributed by atoms with E-state index in [1.807, 2.05) is 6.07 Å². The average Bonchev–Trinajstić information content (AvgIpc) is 2.94. The van der Waals surface area contributed by atoms with E-state index < -0.39 is 0 Å². The van der Waals surface area contributed by atoms with Crippen LogP contribution in [0.5, 0.6) is 17.2 Å². The first-order chi connectivity index (χ1) is 10.2. The van der Waals surface area contributed by atoms with Gasteiger partial charge in [-0.05, 0) is 44.7 Å². The van der Waals surface area contributed by atoms with Crippen LogP contribution >= 0.6 is 0 Å². The van der Waals surface area contributed by atoms with E-state index >= 15 is 0 Å². The fourth-order valence-electron chi connectivity index (χ4n) is 3.49. The zero-order valence-corrected chi connectivity index (χ0v) is 13.0. The van der Waals surface area contributed by atoms with Gasteiger partial charge in [0.25, 0.3) is 0 Å². The molecule has 1 aromatic rings. The predicted octanol–water partition coefficient (Wildman–Crippen LogP) is 3.52. The Morgan fingerprint density at radius 1 is 1.14 bits per heavy atom. The van der Waals surface area contributed by atoms with E-state index in [0.29, 0.717) is 17.5 Å². The molecule has 4 heteroatoms. The molecule has 1 aliphatic carbocycles. The van der Waals surface area contributed by atoms with Crippen molar-refractivity contribution in [3.8, 4) is 17.2 Å². The number of phenolic OH excluding ortho intramolecular Hbond substituents is 1. The molecule has 0 unspecified atom stereocenters. The van der Waals surface area contributed by atoms with Crippen molar-refractivity contribution in [2.24, 2.45) is 5.92 Å². The van der Waals surface area contributed by atoms with E-state index in [-0.39, 0.29) is 6.79 Å². The molecular weight excluding hydrogens is 266 g/mol. The van der Waals surface area contributed by atoms with E-state index in [0.717, 1.165) is 23.8 Å². The van der Waals surface area contributed by atoms with Gasteiger partial charge in [-0.15, -0.1) is 0 Å². The molecule has 2 aliphatic rings. The van der Waals surface area contributed by atoms with Gasteiger partial charge in [0.2, 0.25) is 6.79 Å². The smallest absolute Gasteiger partial charge is 0.231 e. The van der Waals surface area contributed by atoms with Gasteiger partial charge in [0, 0.05) is 24.2 Å². The van der Waals surface area contributed by atoms with E-state index in [1.165, 1.54) is 32.1 Å². The molecule has 0 radical (unpaired) electrons. The third kappa shape index (κ3) is 3.10. The molecule has 1 fully saturated rings. The molecule has 1 aliphatic heterocycles. The standard InChI is InChI=1S/C17H25NO3/c1-3-12-4-6-14(7-5-12)18(2)10-13-8-16-17(9-15(13)19)21-11-20-16/h8-9,12,14,19H,3-7,10-11H2,1-2H3. The van der Waals surface area contributed by atoms with Crippen molar-refractivity contribution in [2.75, 3.05) is 13.8 Å². The summed E-state index contributed by atoms with van der Waals surface area (Å²) in [6.07, 6.45) is 6.50. The fraction of sp³-hybridized carbons (Fsp3) is 0.647. The second-order valence-electron chi connectivity index (χ2n) is 6.33. The Kier molecular flexibility index (Phi) is 4.24. The Morgan fingerprint density at radius 2 is 1.81 bits per heavy atom. The Morgan fingerprint density at radius 3 is 2.48 bits per heavy atom. The van der Waals surface area contributed by atoms with Crippen molar-refractivity contribution in [3.63, 3.8) is 0 Å². The number of phenols is 1. The lowest BCUT2D eigenvalue weighted by Crippen LogP contribution is -2.34. The van der Waals surface area contributed by atoms with Gasteiger partial charge in [0.05, 0.1) is 0 Å². The van der Waals surface area contributed by atoms with Gasteiger partial charge in [-0.3, -0.25) is 4.90 Å². The SMILES string of the molecule is CCC1CCC(N(C)Cc2cc3c(cc2O)OCO3)CC1.